The van der Waals surface area contributed by atoms with E-state index in [1.165, 1.54) is 51.4 Å². The first-order valence-electron chi connectivity index (χ1n) is 16.9. The van der Waals surface area contributed by atoms with Crippen LogP contribution in [-0.2, 0) is 9.53 Å². The standard InChI is InChI=1S/C38H57NO2/c1-26(2)9-8-10-27(3)33-18-19-34-32-17-14-29-25-31(21-23-37(29,4)35(32)22-24-38(33,34)5)41-36(40)20-13-28-11-15-30(16-12-28)39(6)7/h11-16,20,26-27,31-35H,8-10,17-19,21-25H2,1-7H3/b20-13-/t27-,31+,32+,33-,34+,35+,37+,38-/m1/s1. The van der Waals surface area contributed by atoms with Crippen molar-refractivity contribution in [2.45, 2.75) is 111 Å². The Balaban J connectivity index is 1.19. The molecule has 0 saturated heterocycles. The Hall–Kier alpha value is -2.03. The lowest BCUT2D eigenvalue weighted by atomic mass is 9.47. The topological polar surface area (TPSA) is 29.5 Å². The molecule has 0 amide bonds. The summed E-state index contributed by atoms with van der Waals surface area (Å²) in [5.74, 6) is 4.93. The maximum Gasteiger partial charge on any atom is 0.331 e. The van der Waals surface area contributed by atoms with Gasteiger partial charge in [0.25, 0.3) is 0 Å². The van der Waals surface area contributed by atoms with Crippen LogP contribution >= 0.6 is 0 Å². The van der Waals surface area contributed by atoms with E-state index in [4.69, 9.17) is 4.74 Å². The average Bonchev–Trinajstić information content (AvgIpc) is 3.29. The van der Waals surface area contributed by atoms with Crippen LogP contribution in [0.3, 0.4) is 0 Å². The molecule has 4 aliphatic carbocycles. The predicted octanol–water partition coefficient (Wildman–Crippen LogP) is 9.72. The van der Waals surface area contributed by atoms with Gasteiger partial charge in [-0.3, -0.25) is 0 Å². The van der Waals surface area contributed by atoms with Gasteiger partial charge in [-0.05, 0) is 115 Å². The summed E-state index contributed by atoms with van der Waals surface area (Å²) in [6.45, 7) is 12.6. The second-order valence-electron chi connectivity index (χ2n) is 15.4. The molecule has 3 heteroatoms. The Labute approximate surface area is 251 Å². The van der Waals surface area contributed by atoms with Crippen molar-refractivity contribution in [2.75, 3.05) is 19.0 Å². The van der Waals surface area contributed by atoms with Crippen LogP contribution in [0, 0.1) is 46.3 Å². The molecular weight excluding hydrogens is 502 g/mol. The fourth-order valence-electron chi connectivity index (χ4n) is 10.0. The van der Waals surface area contributed by atoms with E-state index in [1.54, 1.807) is 11.6 Å². The zero-order valence-electron chi connectivity index (χ0n) is 27.1. The third-order valence-electron chi connectivity index (χ3n) is 12.4. The van der Waals surface area contributed by atoms with Crippen molar-refractivity contribution < 1.29 is 9.53 Å². The number of nitrogens with zero attached hydrogens (tertiary/aromatic N) is 1. The van der Waals surface area contributed by atoms with Gasteiger partial charge in [0.05, 0.1) is 0 Å². The van der Waals surface area contributed by atoms with Crippen LogP contribution in [0.2, 0.25) is 0 Å². The van der Waals surface area contributed by atoms with Gasteiger partial charge in [0.15, 0.2) is 0 Å². The highest BCUT2D eigenvalue weighted by Gasteiger charge is 2.59. The summed E-state index contributed by atoms with van der Waals surface area (Å²) >= 11 is 0. The molecule has 0 spiro atoms. The zero-order chi connectivity index (χ0) is 29.4. The van der Waals surface area contributed by atoms with E-state index in [2.05, 4.69) is 57.7 Å². The molecule has 226 valence electrons. The molecule has 3 nitrogen and oxygen atoms in total. The number of hydrogen-bond donors (Lipinski definition) is 0. The van der Waals surface area contributed by atoms with Gasteiger partial charge in [0.2, 0.25) is 0 Å². The lowest BCUT2D eigenvalue weighted by Crippen LogP contribution is -2.51. The quantitative estimate of drug-likeness (QED) is 0.171. The number of rotatable bonds is 9. The number of anilines is 1. The van der Waals surface area contributed by atoms with Crippen molar-refractivity contribution in [3.63, 3.8) is 0 Å². The molecule has 0 bridgehead atoms. The van der Waals surface area contributed by atoms with Gasteiger partial charge in [0, 0.05) is 32.3 Å². The lowest BCUT2D eigenvalue weighted by molar-refractivity contribution is -0.145. The van der Waals surface area contributed by atoms with Gasteiger partial charge in [-0.15, -0.1) is 0 Å². The normalized spacial score (nSPS) is 35.4. The number of fused-ring (bicyclic) bond motifs is 5. The first-order valence-corrected chi connectivity index (χ1v) is 16.9. The second-order valence-corrected chi connectivity index (χ2v) is 15.4. The Kier molecular flexibility index (Phi) is 9.12. The van der Waals surface area contributed by atoms with Crippen molar-refractivity contribution in [3.05, 3.63) is 47.6 Å². The molecule has 0 unspecified atom stereocenters. The maximum atomic E-state index is 12.7. The summed E-state index contributed by atoms with van der Waals surface area (Å²) < 4.78 is 6.00. The highest BCUT2D eigenvalue weighted by Crippen LogP contribution is 2.67. The third kappa shape index (κ3) is 6.21. The van der Waals surface area contributed by atoms with E-state index < -0.39 is 0 Å². The molecular formula is C38H57NO2. The SMILES string of the molecule is CC(C)CCC[C@@H](C)[C@H]1CC[C@H]2[C@@H]3CC=C4C[C@@H](OC(=O)/C=C\c5ccc(N(C)C)cc5)CC[C@]4(C)[C@H]3CC[C@]12C. The Morgan fingerprint density at radius 2 is 1.76 bits per heavy atom. The van der Waals surface area contributed by atoms with E-state index in [0.717, 1.165) is 66.0 Å². The molecule has 0 aliphatic heterocycles. The molecule has 0 aromatic heterocycles. The predicted molar refractivity (Wildman–Crippen MR) is 173 cm³/mol. The van der Waals surface area contributed by atoms with E-state index in [9.17, 15) is 4.79 Å². The molecule has 0 heterocycles. The zero-order valence-corrected chi connectivity index (χ0v) is 27.1. The number of ether oxygens (including phenoxy) is 1. The number of benzene rings is 1. The van der Waals surface area contributed by atoms with Crippen molar-refractivity contribution in [1.82, 2.24) is 0 Å². The van der Waals surface area contributed by atoms with Crippen molar-refractivity contribution in [3.8, 4) is 0 Å². The van der Waals surface area contributed by atoms with Gasteiger partial charge in [-0.1, -0.05) is 77.7 Å². The van der Waals surface area contributed by atoms with Gasteiger partial charge in [-0.25, -0.2) is 4.79 Å². The monoisotopic (exact) mass is 559 g/mol. The fourth-order valence-corrected chi connectivity index (χ4v) is 10.0. The summed E-state index contributed by atoms with van der Waals surface area (Å²) in [5.41, 5.74) is 4.59. The summed E-state index contributed by atoms with van der Waals surface area (Å²) in [6.07, 6.45) is 20.3. The van der Waals surface area contributed by atoms with Gasteiger partial charge < -0.3 is 9.64 Å². The van der Waals surface area contributed by atoms with Gasteiger partial charge >= 0.3 is 5.97 Å². The van der Waals surface area contributed by atoms with Crippen molar-refractivity contribution in [1.29, 1.82) is 0 Å². The number of carbonyl (C=O) groups is 1. The largest absolute Gasteiger partial charge is 0.459 e. The van der Waals surface area contributed by atoms with E-state index in [-0.39, 0.29) is 17.5 Å². The average molecular weight is 560 g/mol. The molecule has 1 aromatic rings. The van der Waals surface area contributed by atoms with Crippen molar-refractivity contribution in [2.24, 2.45) is 46.3 Å². The highest BCUT2D eigenvalue weighted by molar-refractivity contribution is 5.87. The number of allylic oxidation sites excluding steroid dienone is 1. The Morgan fingerprint density at radius 3 is 2.46 bits per heavy atom. The van der Waals surface area contributed by atoms with Crippen LogP contribution in [0.5, 0.6) is 0 Å². The summed E-state index contributed by atoms with van der Waals surface area (Å²) in [6, 6.07) is 8.24. The second kappa shape index (κ2) is 12.3. The van der Waals surface area contributed by atoms with Crippen molar-refractivity contribution >= 4 is 17.7 Å². The van der Waals surface area contributed by atoms with E-state index in [1.807, 2.05) is 32.3 Å². The molecule has 4 aliphatic rings. The van der Waals surface area contributed by atoms with Gasteiger partial charge in [-0.2, -0.15) is 0 Å². The van der Waals surface area contributed by atoms with Crippen LogP contribution in [-0.4, -0.2) is 26.2 Å². The number of carbonyl (C=O) groups excluding carboxylic acids is 1. The molecule has 41 heavy (non-hydrogen) atoms. The molecule has 5 rings (SSSR count). The smallest absolute Gasteiger partial charge is 0.331 e. The summed E-state index contributed by atoms with van der Waals surface area (Å²) in [7, 11) is 4.07. The first-order chi connectivity index (χ1) is 19.5. The number of esters is 1. The number of hydrogen-bond acceptors (Lipinski definition) is 3. The molecule has 1 aromatic carbocycles. The lowest BCUT2D eigenvalue weighted by Gasteiger charge is -2.58. The van der Waals surface area contributed by atoms with Crippen LogP contribution < -0.4 is 4.90 Å². The van der Waals surface area contributed by atoms with Crippen LogP contribution in [0.25, 0.3) is 6.08 Å². The molecule has 8 atom stereocenters. The minimum absolute atomic E-state index is 0.00977. The minimum Gasteiger partial charge on any atom is -0.459 e. The molecule has 3 saturated carbocycles. The summed E-state index contributed by atoms with van der Waals surface area (Å²) in [5, 5.41) is 0. The first kappa shape index (κ1) is 30.4. The Bertz CT molecular complexity index is 1120. The Morgan fingerprint density at radius 1 is 1.00 bits per heavy atom. The van der Waals surface area contributed by atoms with Crippen LogP contribution in [0.1, 0.15) is 111 Å². The maximum absolute atomic E-state index is 12.7. The van der Waals surface area contributed by atoms with Gasteiger partial charge in [0.1, 0.15) is 6.10 Å². The highest BCUT2D eigenvalue weighted by atomic mass is 16.5. The minimum atomic E-state index is -0.211. The molecule has 0 radical (unpaired) electrons. The fraction of sp³-hybridized carbons (Fsp3) is 0.711. The molecule has 0 N–H and O–H groups in total. The van der Waals surface area contributed by atoms with Crippen LogP contribution in [0.15, 0.2) is 42.0 Å². The molecule has 3 fully saturated rings. The van der Waals surface area contributed by atoms with Crippen LogP contribution in [0.4, 0.5) is 5.69 Å². The third-order valence-corrected chi connectivity index (χ3v) is 12.4. The van der Waals surface area contributed by atoms with E-state index in [0.29, 0.717) is 5.41 Å². The van der Waals surface area contributed by atoms with E-state index >= 15 is 0 Å². The summed E-state index contributed by atoms with van der Waals surface area (Å²) in [4.78, 5) is 14.8.